The molecule has 0 fully saturated rings. The van der Waals surface area contributed by atoms with Gasteiger partial charge in [0, 0.05) is 0 Å². The first-order chi connectivity index (χ1) is 9.20. The van der Waals surface area contributed by atoms with E-state index in [1.165, 1.54) is 6.07 Å². The molecule has 1 unspecified atom stereocenters. The molecule has 4 heteroatoms. The zero-order valence-electron chi connectivity index (χ0n) is 10.5. The van der Waals surface area contributed by atoms with Crippen LogP contribution in [0.2, 0.25) is 0 Å². The minimum atomic E-state index is -0.457. The number of halogens is 1. The summed E-state index contributed by atoms with van der Waals surface area (Å²) in [4.78, 5) is 0. The summed E-state index contributed by atoms with van der Waals surface area (Å²) in [6, 6.07) is 14.2. The Morgan fingerprint density at radius 2 is 1.84 bits per heavy atom. The fourth-order valence-corrected chi connectivity index (χ4v) is 1.94. The number of nitrogen functional groups attached to an aromatic ring is 1. The number of hydrogen-bond acceptors (Lipinski definition) is 3. The largest absolute Gasteiger partial charge is 0.395 e. The Bertz CT molecular complexity index is 531. The molecule has 100 valence electrons. The molecule has 3 nitrogen and oxygen atoms in total. The summed E-state index contributed by atoms with van der Waals surface area (Å²) >= 11 is 0. The predicted molar refractivity (Wildman–Crippen MR) is 75.5 cm³/mol. The molecule has 0 amide bonds. The van der Waals surface area contributed by atoms with Crippen molar-refractivity contribution in [2.24, 2.45) is 0 Å². The van der Waals surface area contributed by atoms with E-state index in [1.54, 1.807) is 12.1 Å². The number of hydrogen-bond donors (Lipinski definition) is 3. The van der Waals surface area contributed by atoms with E-state index >= 15 is 0 Å². The average molecular weight is 260 g/mol. The molecule has 0 radical (unpaired) electrons. The Balaban J connectivity index is 2.09. The number of nitrogens with one attached hydrogen (secondary N) is 1. The van der Waals surface area contributed by atoms with Gasteiger partial charge in [-0.3, -0.25) is 0 Å². The van der Waals surface area contributed by atoms with Gasteiger partial charge >= 0.3 is 0 Å². The zero-order valence-corrected chi connectivity index (χ0v) is 10.5. The van der Waals surface area contributed by atoms with Gasteiger partial charge in [0.1, 0.15) is 5.82 Å². The van der Waals surface area contributed by atoms with Crippen LogP contribution >= 0.6 is 0 Å². The van der Waals surface area contributed by atoms with Crippen LogP contribution in [0.5, 0.6) is 0 Å². The molecule has 0 heterocycles. The monoisotopic (exact) mass is 260 g/mol. The Morgan fingerprint density at radius 1 is 1.11 bits per heavy atom. The maximum atomic E-state index is 13.3. The molecule has 0 aliphatic rings. The van der Waals surface area contributed by atoms with Crippen molar-refractivity contribution in [1.29, 1.82) is 0 Å². The standard InChI is InChI=1S/C15H17FN2O/c16-13-7-4-8-14(15(13)17)18-12(10-19)9-11-5-2-1-3-6-11/h1-8,12,18-19H,9-10,17H2. The molecular weight excluding hydrogens is 243 g/mol. The van der Waals surface area contributed by atoms with E-state index in [2.05, 4.69) is 5.32 Å². The van der Waals surface area contributed by atoms with E-state index < -0.39 is 5.82 Å². The highest BCUT2D eigenvalue weighted by Gasteiger charge is 2.11. The van der Waals surface area contributed by atoms with E-state index in [0.717, 1.165) is 5.56 Å². The van der Waals surface area contributed by atoms with E-state index in [-0.39, 0.29) is 18.3 Å². The molecule has 19 heavy (non-hydrogen) atoms. The second-order valence-electron chi connectivity index (χ2n) is 4.41. The summed E-state index contributed by atoms with van der Waals surface area (Å²) in [5.41, 5.74) is 7.35. The van der Waals surface area contributed by atoms with Crippen LogP contribution in [0.25, 0.3) is 0 Å². The second kappa shape index (κ2) is 6.20. The van der Waals surface area contributed by atoms with Crippen molar-refractivity contribution in [3.05, 3.63) is 59.9 Å². The van der Waals surface area contributed by atoms with Gasteiger partial charge in [-0.15, -0.1) is 0 Å². The van der Waals surface area contributed by atoms with E-state index in [0.29, 0.717) is 12.1 Å². The fraction of sp³-hybridized carbons (Fsp3) is 0.200. The number of nitrogens with two attached hydrogens (primary N) is 1. The fourth-order valence-electron chi connectivity index (χ4n) is 1.94. The Hall–Kier alpha value is -2.07. The molecular formula is C15H17FN2O. The third-order valence-electron chi connectivity index (χ3n) is 2.96. The molecule has 1 atom stereocenters. The lowest BCUT2D eigenvalue weighted by Gasteiger charge is -2.19. The Labute approximate surface area is 111 Å². The Morgan fingerprint density at radius 3 is 2.53 bits per heavy atom. The molecule has 2 rings (SSSR count). The molecule has 0 aromatic heterocycles. The zero-order chi connectivity index (χ0) is 13.7. The highest BCUT2D eigenvalue weighted by atomic mass is 19.1. The first-order valence-electron chi connectivity index (χ1n) is 6.16. The maximum Gasteiger partial charge on any atom is 0.148 e. The van der Waals surface area contributed by atoms with Gasteiger partial charge in [0.15, 0.2) is 0 Å². The minimum Gasteiger partial charge on any atom is -0.395 e. The lowest BCUT2D eigenvalue weighted by molar-refractivity contribution is 0.274. The minimum absolute atomic E-state index is 0.0507. The Kier molecular flexibility index (Phi) is 4.36. The van der Waals surface area contributed by atoms with Crippen molar-refractivity contribution in [3.63, 3.8) is 0 Å². The molecule has 0 aliphatic heterocycles. The first kappa shape index (κ1) is 13.4. The predicted octanol–water partition coefficient (Wildman–Crippen LogP) is 2.42. The van der Waals surface area contributed by atoms with E-state index in [1.807, 2.05) is 30.3 Å². The molecule has 2 aromatic carbocycles. The van der Waals surface area contributed by atoms with E-state index in [9.17, 15) is 9.50 Å². The normalized spacial score (nSPS) is 12.1. The summed E-state index contributed by atoms with van der Waals surface area (Å²) in [7, 11) is 0. The number of aliphatic hydroxyl groups is 1. The SMILES string of the molecule is Nc1c(F)cccc1NC(CO)Cc1ccccc1. The van der Waals surface area contributed by atoms with Crippen LogP contribution in [0.3, 0.4) is 0 Å². The van der Waals surface area contributed by atoms with Crippen molar-refractivity contribution in [1.82, 2.24) is 0 Å². The summed E-state index contributed by atoms with van der Waals surface area (Å²) < 4.78 is 13.3. The molecule has 0 saturated heterocycles. The second-order valence-corrected chi connectivity index (χ2v) is 4.41. The van der Waals surface area contributed by atoms with Crippen LogP contribution in [0.15, 0.2) is 48.5 Å². The van der Waals surface area contributed by atoms with Crippen molar-refractivity contribution in [2.75, 3.05) is 17.7 Å². The maximum absolute atomic E-state index is 13.3. The molecule has 0 aliphatic carbocycles. The van der Waals surface area contributed by atoms with Gasteiger partial charge in [0.25, 0.3) is 0 Å². The summed E-state index contributed by atoms with van der Waals surface area (Å²) in [6.07, 6.45) is 0.646. The number of aliphatic hydroxyl groups excluding tert-OH is 1. The smallest absolute Gasteiger partial charge is 0.148 e. The quantitative estimate of drug-likeness (QED) is 0.724. The highest BCUT2D eigenvalue weighted by Crippen LogP contribution is 2.22. The van der Waals surface area contributed by atoms with Crippen molar-refractivity contribution in [3.8, 4) is 0 Å². The molecule has 0 spiro atoms. The van der Waals surface area contributed by atoms with Crippen LogP contribution in [0, 0.1) is 5.82 Å². The van der Waals surface area contributed by atoms with Gasteiger partial charge in [0.05, 0.1) is 24.0 Å². The number of rotatable bonds is 5. The lowest BCUT2D eigenvalue weighted by Crippen LogP contribution is -2.27. The highest BCUT2D eigenvalue weighted by molar-refractivity contribution is 5.66. The van der Waals surface area contributed by atoms with Gasteiger partial charge in [-0.1, -0.05) is 36.4 Å². The van der Waals surface area contributed by atoms with Crippen LogP contribution in [-0.4, -0.2) is 17.8 Å². The molecule has 4 N–H and O–H groups in total. The van der Waals surface area contributed by atoms with Gasteiger partial charge < -0.3 is 16.2 Å². The lowest BCUT2D eigenvalue weighted by atomic mass is 10.1. The van der Waals surface area contributed by atoms with E-state index in [4.69, 9.17) is 5.73 Å². The summed E-state index contributed by atoms with van der Waals surface area (Å²) in [5, 5.41) is 12.5. The van der Waals surface area contributed by atoms with Gasteiger partial charge in [0.2, 0.25) is 0 Å². The molecule has 0 saturated carbocycles. The third kappa shape index (κ3) is 3.45. The molecule has 0 bridgehead atoms. The third-order valence-corrected chi connectivity index (χ3v) is 2.96. The van der Waals surface area contributed by atoms with Crippen molar-refractivity contribution in [2.45, 2.75) is 12.5 Å². The molecule has 2 aromatic rings. The van der Waals surface area contributed by atoms with Gasteiger partial charge in [-0.2, -0.15) is 0 Å². The van der Waals surface area contributed by atoms with Crippen molar-refractivity contribution < 1.29 is 9.50 Å². The first-order valence-corrected chi connectivity index (χ1v) is 6.16. The van der Waals surface area contributed by atoms with Crippen molar-refractivity contribution >= 4 is 11.4 Å². The van der Waals surface area contributed by atoms with Crippen LogP contribution in [0.4, 0.5) is 15.8 Å². The van der Waals surface area contributed by atoms with Crippen LogP contribution < -0.4 is 11.1 Å². The number of para-hydroxylation sites is 1. The number of benzene rings is 2. The van der Waals surface area contributed by atoms with Crippen LogP contribution in [0.1, 0.15) is 5.56 Å². The summed E-state index contributed by atoms with van der Waals surface area (Å²) in [6.45, 7) is -0.0507. The van der Waals surface area contributed by atoms with Gasteiger partial charge in [-0.25, -0.2) is 4.39 Å². The average Bonchev–Trinajstić information content (AvgIpc) is 2.44. The topological polar surface area (TPSA) is 58.3 Å². The van der Waals surface area contributed by atoms with Crippen LogP contribution in [-0.2, 0) is 6.42 Å². The van der Waals surface area contributed by atoms with Gasteiger partial charge in [-0.05, 0) is 24.1 Å². The summed E-state index contributed by atoms with van der Waals surface area (Å²) in [5.74, 6) is -0.457. The number of anilines is 2.